The number of hydrogen-bond acceptors (Lipinski definition) is 2. The summed E-state index contributed by atoms with van der Waals surface area (Å²) in [5.74, 6) is 0.717. The second-order valence-corrected chi connectivity index (χ2v) is 5.53. The number of hydrogen-bond donors (Lipinski definition) is 2. The molecule has 0 aliphatic rings. The summed E-state index contributed by atoms with van der Waals surface area (Å²) < 4.78 is 5.53. The lowest BCUT2D eigenvalue weighted by Gasteiger charge is -2.15. The summed E-state index contributed by atoms with van der Waals surface area (Å²) in [5.41, 5.74) is 1.25. The van der Waals surface area contributed by atoms with Crippen LogP contribution in [0.4, 0.5) is 0 Å². The van der Waals surface area contributed by atoms with Gasteiger partial charge in [-0.2, -0.15) is 0 Å². The Bertz CT molecular complexity index is 530. The van der Waals surface area contributed by atoms with Crippen molar-refractivity contribution in [3.8, 4) is 5.75 Å². The topological polar surface area (TPSA) is 46.1 Å². The van der Waals surface area contributed by atoms with Crippen LogP contribution in [0.3, 0.4) is 0 Å². The second kappa shape index (κ2) is 8.03. The molecule has 0 aliphatic carbocycles. The highest BCUT2D eigenvalue weighted by Gasteiger charge is 2.12. The third-order valence-corrected chi connectivity index (χ3v) is 3.60. The third-order valence-electron chi connectivity index (χ3n) is 3.34. The van der Waals surface area contributed by atoms with Crippen LogP contribution in [0, 0.1) is 0 Å². The van der Waals surface area contributed by atoms with Crippen molar-refractivity contribution in [3.63, 3.8) is 0 Å². The molecule has 2 aromatic rings. The van der Waals surface area contributed by atoms with Gasteiger partial charge in [-0.3, -0.25) is 0 Å². The van der Waals surface area contributed by atoms with E-state index < -0.39 is 6.10 Å². The van der Waals surface area contributed by atoms with Gasteiger partial charge in [0.2, 0.25) is 0 Å². The number of ether oxygens (including phenoxy) is 1. The summed E-state index contributed by atoms with van der Waals surface area (Å²) in [6.07, 6.45) is -0.508. The number of benzene rings is 2. The number of rotatable bonds is 7. The minimum Gasteiger partial charge on any atom is -0.491 e. The summed E-state index contributed by atoms with van der Waals surface area (Å²) in [6.45, 7) is 3.01. The lowest BCUT2D eigenvalue weighted by atomic mass is 10.1. The van der Waals surface area contributed by atoms with Gasteiger partial charge in [0, 0.05) is 10.6 Å². The summed E-state index contributed by atoms with van der Waals surface area (Å²) in [5, 5.41) is 12.8. The third kappa shape index (κ3) is 5.38. The van der Waals surface area contributed by atoms with Crippen molar-refractivity contribution < 1.29 is 15.2 Å². The molecule has 0 radical (unpaired) electrons. The van der Waals surface area contributed by atoms with Gasteiger partial charge < -0.3 is 15.2 Å². The van der Waals surface area contributed by atoms with Crippen molar-refractivity contribution in [3.05, 3.63) is 65.2 Å². The average molecular weight is 307 g/mol. The normalized spacial score (nSPS) is 13.7. The van der Waals surface area contributed by atoms with Crippen LogP contribution in [0.5, 0.6) is 5.75 Å². The zero-order valence-corrected chi connectivity index (χ0v) is 12.8. The molecule has 2 atom stereocenters. The van der Waals surface area contributed by atoms with Crippen LogP contribution in [0.1, 0.15) is 18.5 Å². The molecule has 4 heteroatoms. The Kier molecular flexibility index (Phi) is 6.05. The lowest BCUT2D eigenvalue weighted by molar-refractivity contribution is -0.698. The van der Waals surface area contributed by atoms with Gasteiger partial charge in [-0.15, -0.1) is 0 Å². The molecule has 0 fully saturated rings. The fourth-order valence-corrected chi connectivity index (χ4v) is 2.17. The zero-order valence-electron chi connectivity index (χ0n) is 12.1. The maximum absolute atomic E-state index is 9.98. The van der Waals surface area contributed by atoms with Crippen LogP contribution in [0.25, 0.3) is 0 Å². The van der Waals surface area contributed by atoms with Gasteiger partial charge >= 0.3 is 0 Å². The van der Waals surface area contributed by atoms with E-state index in [1.165, 1.54) is 5.56 Å². The Labute approximate surface area is 130 Å². The molecular formula is C17H21ClNO2+. The molecule has 2 aromatic carbocycles. The first-order chi connectivity index (χ1) is 10.1. The molecule has 0 aliphatic heterocycles. The molecule has 2 rings (SSSR count). The Balaban J connectivity index is 1.72. The molecule has 2 unspecified atom stereocenters. The quantitative estimate of drug-likeness (QED) is 0.825. The smallest absolute Gasteiger partial charge is 0.137 e. The van der Waals surface area contributed by atoms with Gasteiger partial charge in [-0.25, -0.2) is 0 Å². The Morgan fingerprint density at radius 1 is 1.10 bits per heavy atom. The van der Waals surface area contributed by atoms with Crippen molar-refractivity contribution in [1.29, 1.82) is 0 Å². The zero-order chi connectivity index (χ0) is 15.1. The van der Waals surface area contributed by atoms with E-state index in [4.69, 9.17) is 16.3 Å². The fourth-order valence-electron chi connectivity index (χ4n) is 2.05. The van der Waals surface area contributed by atoms with E-state index >= 15 is 0 Å². The number of halogens is 1. The Hall–Kier alpha value is -1.55. The van der Waals surface area contributed by atoms with Gasteiger partial charge in [-0.05, 0) is 31.2 Å². The summed E-state index contributed by atoms with van der Waals surface area (Å²) >= 11 is 5.81. The highest BCUT2D eigenvalue weighted by atomic mass is 35.5. The molecule has 0 aromatic heterocycles. The van der Waals surface area contributed by atoms with Crippen LogP contribution in [-0.4, -0.2) is 24.4 Å². The molecule has 0 bridgehead atoms. The molecule has 0 heterocycles. The van der Waals surface area contributed by atoms with Crippen molar-refractivity contribution in [2.45, 2.75) is 19.1 Å². The van der Waals surface area contributed by atoms with Crippen LogP contribution in [0.2, 0.25) is 5.02 Å². The molecular weight excluding hydrogens is 286 g/mol. The number of aliphatic hydroxyl groups is 1. The van der Waals surface area contributed by atoms with E-state index in [0.29, 0.717) is 17.6 Å². The summed E-state index contributed by atoms with van der Waals surface area (Å²) in [4.78, 5) is 0. The Morgan fingerprint density at radius 2 is 1.76 bits per heavy atom. The molecule has 3 N–H and O–H groups in total. The van der Waals surface area contributed by atoms with E-state index in [2.05, 4.69) is 24.4 Å². The molecule has 112 valence electrons. The number of quaternary nitrogens is 1. The maximum Gasteiger partial charge on any atom is 0.137 e. The SMILES string of the molecule is CC([NH2+]CC(O)COc1ccc(Cl)cc1)c1ccccc1. The predicted octanol–water partition coefficient (Wildman–Crippen LogP) is 2.40. The molecule has 0 saturated heterocycles. The van der Waals surface area contributed by atoms with Crippen LogP contribution < -0.4 is 10.1 Å². The van der Waals surface area contributed by atoms with E-state index in [1.807, 2.05) is 18.2 Å². The fraction of sp³-hybridized carbons (Fsp3) is 0.294. The first kappa shape index (κ1) is 15.8. The lowest BCUT2D eigenvalue weighted by Crippen LogP contribution is -2.87. The van der Waals surface area contributed by atoms with Gasteiger partial charge in [0.25, 0.3) is 0 Å². The van der Waals surface area contributed by atoms with Gasteiger partial charge in [0.1, 0.15) is 31.0 Å². The minimum atomic E-state index is -0.508. The molecule has 0 saturated carbocycles. The van der Waals surface area contributed by atoms with Crippen molar-refractivity contribution in [1.82, 2.24) is 0 Å². The maximum atomic E-state index is 9.98. The average Bonchev–Trinajstić information content (AvgIpc) is 2.53. The first-order valence-corrected chi connectivity index (χ1v) is 7.47. The minimum absolute atomic E-state index is 0.277. The molecule has 0 amide bonds. The van der Waals surface area contributed by atoms with Crippen molar-refractivity contribution in [2.24, 2.45) is 0 Å². The second-order valence-electron chi connectivity index (χ2n) is 5.09. The van der Waals surface area contributed by atoms with Crippen molar-refractivity contribution in [2.75, 3.05) is 13.2 Å². The predicted molar refractivity (Wildman–Crippen MR) is 84.6 cm³/mol. The van der Waals surface area contributed by atoms with Gasteiger partial charge in [-0.1, -0.05) is 41.9 Å². The standard InChI is InChI=1S/C17H20ClNO2/c1-13(14-5-3-2-4-6-14)19-11-16(20)12-21-17-9-7-15(18)8-10-17/h2-10,13,16,19-20H,11-12H2,1H3/p+1. The Morgan fingerprint density at radius 3 is 2.43 bits per heavy atom. The van der Waals surface area contributed by atoms with E-state index in [9.17, 15) is 5.11 Å². The molecule has 0 spiro atoms. The van der Waals surface area contributed by atoms with Gasteiger partial charge in [0.05, 0.1) is 0 Å². The molecule has 3 nitrogen and oxygen atoms in total. The van der Waals surface area contributed by atoms with E-state index in [1.54, 1.807) is 24.3 Å². The largest absolute Gasteiger partial charge is 0.491 e. The van der Waals surface area contributed by atoms with E-state index in [-0.39, 0.29) is 6.61 Å². The highest BCUT2D eigenvalue weighted by Crippen LogP contribution is 2.15. The summed E-state index contributed by atoms with van der Waals surface area (Å²) in [7, 11) is 0. The summed E-state index contributed by atoms with van der Waals surface area (Å²) in [6, 6.07) is 17.7. The first-order valence-electron chi connectivity index (χ1n) is 7.10. The van der Waals surface area contributed by atoms with Crippen LogP contribution in [0.15, 0.2) is 54.6 Å². The number of aliphatic hydroxyl groups excluding tert-OH is 1. The van der Waals surface area contributed by atoms with Gasteiger partial charge in [0.15, 0.2) is 0 Å². The number of nitrogens with two attached hydrogens (primary N) is 1. The monoisotopic (exact) mass is 306 g/mol. The highest BCUT2D eigenvalue weighted by molar-refractivity contribution is 6.30. The van der Waals surface area contributed by atoms with Crippen molar-refractivity contribution >= 4 is 11.6 Å². The molecule has 21 heavy (non-hydrogen) atoms. The van der Waals surface area contributed by atoms with Crippen LogP contribution in [-0.2, 0) is 0 Å². The van der Waals surface area contributed by atoms with E-state index in [0.717, 1.165) is 5.75 Å². The van der Waals surface area contributed by atoms with Crippen LogP contribution >= 0.6 is 11.6 Å².